The summed E-state index contributed by atoms with van der Waals surface area (Å²) < 4.78 is 4.50. The SMILES string of the molecule is CC=CCC(=O)O[SiH3]. The summed E-state index contributed by atoms with van der Waals surface area (Å²) in [6, 6.07) is 0. The van der Waals surface area contributed by atoms with Crippen molar-refractivity contribution in [3.8, 4) is 0 Å². The van der Waals surface area contributed by atoms with Crippen molar-refractivity contribution in [3.05, 3.63) is 12.2 Å². The van der Waals surface area contributed by atoms with Crippen molar-refractivity contribution in [3.63, 3.8) is 0 Å². The van der Waals surface area contributed by atoms with E-state index in [1.807, 2.05) is 13.0 Å². The zero-order chi connectivity index (χ0) is 6.41. The van der Waals surface area contributed by atoms with Gasteiger partial charge in [-0.25, -0.2) is 0 Å². The van der Waals surface area contributed by atoms with Gasteiger partial charge in [-0.2, -0.15) is 0 Å². The molecule has 0 amide bonds. The first-order valence-electron chi connectivity index (χ1n) is 2.49. The zero-order valence-corrected chi connectivity index (χ0v) is 7.18. The predicted molar refractivity (Wildman–Crippen MR) is 35.5 cm³/mol. The normalized spacial score (nSPS) is 10.1. The highest BCUT2D eigenvalue weighted by Crippen LogP contribution is 1.83. The van der Waals surface area contributed by atoms with Crippen molar-refractivity contribution in [1.82, 2.24) is 0 Å². The van der Waals surface area contributed by atoms with Gasteiger partial charge in [-0.05, 0) is 6.92 Å². The summed E-state index contributed by atoms with van der Waals surface area (Å²) in [4.78, 5) is 10.3. The Balaban J connectivity index is 3.25. The summed E-state index contributed by atoms with van der Waals surface area (Å²) in [7, 11) is 0.506. The van der Waals surface area contributed by atoms with E-state index in [1.54, 1.807) is 6.08 Å². The van der Waals surface area contributed by atoms with Crippen LogP contribution in [0.3, 0.4) is 0 Å². The Kier molecular flexibility index (Phi) is 4.25. The van der Waals surface area contributed by atoms with Crippen molar-refractivity contribution in [1.29, 1.82) is 0 Å². The molecular weight excluding hydrogens is 120 g/mol. The molecule has 0 saturated carbocycles. The molecule has 8 heavy (non-hydrogen) atoms. The number of carbonyl (C=O) groups excluding carboxylic acids is 1. The molecule has 0 aliphatic carbocycles. The molecule has 0 spiro atoms. The lowest BCUT2D eigenvalue weighted by molar-refractivity contribution is -0.133. The Labute approximate surface area is 52.1 Å². The number of allylic oxidation sites excluding steroid dienone is 1. The standard InChI is InChI=1S/C5H10O2Si/c1-2-3-4-5(6)7-8/h2-3H,4H2,1,8H3. The molecule has 0 atom stereocenters. The van der Waals surface area contributed by atoms with Crippen LogP contribution >= 0.6 is 0 Å². The van der Waals surface area contributed by atoms with E-state index in [-0.39, 0.29) is 5.97 Å². The Hall–Kier alpha value is -0.573. The van der Waals surface area contributed by atoms with Crippen LogP contribution in [0.1, 0.15) is 13.3 Å². The van der Waals surface area contributed by atoms with Crippen LogP contribution in [0, 0.1) is 0 Å². The van der Waals surface area contributed by atoms with Gasteiger partial charge in [0.2, 0.25) is 10.5 Å². The van der Waals surface area contributed by atoms with E-state index >= 15 is 0 Å². The Bertz CT molecular complexity index is 98.6. The molecule has 0 aromatic rings. The van der Waals surface area contributed by atoms with Crippen LogP contribution in [0.25, 0.3) is 0 Å². The quantitative estimate of drug-likeness (QED) is 0.381. The molecule has 0 saturated heterocycles. The average Bonchev–Trinajstić information content (AvgIpc) is 1.83. The number of hydrogen-bond donors (Lipinski definition) is 0. The second kappa shape index (κ2) is 4.58. The molecule has 0 N–H and O–H groups in total. The molecule has 46 valence electrons. The fraction of sp³-hybridized carbons (Fsp3) is 0.400. The molecule has 0 rings (SSSR count). The van der Waals surface area contributed by atoms with Gasteiger partial charge in [0, 0.05) is 0 Å². The predicted octanol–water partition coefficient (Wildman–Crippen LogP) is -0.224. The van der Waals surface area contributed by atoms with Crippen molar-refractivity contribution < 1.29 is 9.22 Å². The fourth-order valence-electron chi connectivity index (χ4n) is 0.297. The summed E-state index contributed by atoms with van der Waals surface area (Å²) in [5.74, 6) is -0.130. The van der Waals surface area contributed by atoms with E-state index < -0.39 is 0 Å². The van der Waals surface area contributed by atoms with Gasteiger partial charge in [-0.15, -0.1) is 0 Å². The van der Waals surface area contributed by atoms with E-state index in [0.29, 0.717) is 16.9 Å². The van der Waals surface area contributed by atoms with Crippen LogP contribution < -0.4 is 0 Å². The maximum atomic E-state index is 10.3. The lowest BCUT2D eigenvalue weighted by atomic mass is 10.4. The van der Waals surface area contributed by atoms with Gasteiger partial charge in [-0.1, -0.05) is 12.2 Å². The van der Waals surface area contributed by atoms with Crippen LogP contribution in [0.15, 0.2) is 12.2 Å². The molecule has 2 nitrogen and oxygen atoms in total. The number of carbonyl (C=O) groups is 1. The highest BCUT2D eigenvalue weighted by molar-refractivity contribution is 6.05. The minimum Gasteiger partial charge on any atom is -0.529 e. The third-order valence-electron chi connectivity index (χ3n) is 0.748. The topological polar surface area (TPSA) is 26.3 Å². The summed E-state index contributed by atoms with van der Waals surface area (Å²) in [5.41, 5.74) is 0. The van der Waals surface area contributed by atoms with Gasteiger partial charge in [0.1, 0.15) is 0 Å². The highest BCUT2D eigenvalue weighted by atomic mass is 28.2. The van der Waals surface area contributed by atoms with E-state index in [4.69, 9.17) is 0 Å². The van der Waals surface area contributed by atoms with Crippen molar-refractivity contribution >= 4 is 16.5 Å². The van der Waals surface area contributed by atoms with E-state index in [0.717, 1.165) is 0 Å². The summed E-state index contributed by atoms with van der Waals surface area (Å²) in [5, 5.41) is 0. The average molecular weight is 130 g/mol. The molecule has 0 bridgehead atoms. The monoisotopic (exact) mass is 130 g/mol. The summed E-state index contributed by atoms with van der Waals surface area (Å²) >= 11 is 0. The maximum absolute atomic E-state index is 10.3. The molecule has 0 aliphatic heterocycles. The Morgan fingerprint density at radius 2 is 2.50 bits per heavy atom. The van der Waals surface area contributed by atoms with Crippen LogP contribution in [-0.4, -0.2) is 16.5 Å². The Morgan fingerprint density at radius 3 is 2.88 bits per heavy atom. The maximum Gasteiger partial charge on any atom is 0.295 e. The van der Waals surface area contributed by atoms with Crippen LogP contribution in [0.2, 0.25) is 0 Å². The molecule has 0 radical (unpaired) electrons. The Morgan fingerprint density at radius 1 is 1.88 bits per heavy atom. The largest absolute Gasteiger partial charge is 0.529 e. The highest BCUT2D eigenvalue weighted by Gasteiger charge is 1.90. The summed E-state index contributed by atoms with van der Waals surface area (Å²) in [6.45, 7) is 1.88. The van der Waals surface area contributed by atoms with E-state index in [1.165, 1.54) is 0 Å². The first-order valence-corrected chi connectivity index (χ1v) is 3.31. The van der Waals surface area contributed by atoms with Crippen LogP contribution in [-0.2, 0) is 9.22 Å². The molecule has 0 heterocycles. The lowest BCUT2D eigenvalue weighted by Gasteiger charge is -1.90. The molecule has 0 aromatic heterocycles. The smallest absolute Gasteiger partial charge is 0.295 e. The number of rotatable bonds is 2. The third-order valence-corrected chi connectivity index (χ3v) is 1.20. The van der Waals surface area contributed by atoms with Gasteiger partial charge in [0.25, 0.3) is 5.97 Å². The molecule has 0 aromatic carbocycles. The molecule has 0 fully saturated rings. The second-order valence-corrected chi connectivity index (χ2v) is 1.76. The first-order chi connectivity index (χ1) is 3.81. The first kappa shape index (κ1) is 7.43. The molecular formula is C5H10O2Si. The molecule has 0 aliphatic rings. The van der Waals surface area contributed by atoms with Gasteiger partial charge in [-0.3, -0.25) is 4.79 Å². The van der Waals surface area contributed by atoms with Gasteiger partial charge in [0.05, 0.1) is 6.42 Å². The minimum absolute atomic E-state index is 0.130. The third kappa shape index (κ3) is 3.61. The van der Waals surface area contributed by atoms with Crippen molar-refractivity contribution in [2.75, 3.05) is 0 Å². The van der Waals surface area contributed by atoms with Crippen LogP contribution in [0.5, 0.6) is 0 Å². The van der Waals surface area contributed by atoms with Gasteiger partial charge >= 0.3 is 0 Å². The van der Waals surface area contributed by atoms with Crippen molar-refractivity contribution in [2.24, 2.45) is 0 Å². The summed E-state index contributed by atoms with van der Waals surface area (Å²) in [6.07, 6.45) is 4.03. The van der Waals surface area contributed by atoms with E-state index in [9.17, 15) is 4.79 Å². The van der Waals surface area contributed by atoms with E-state index in [2.05, 4.69) is 4.43 Å². The zero-order valence-electron chi connectivity index (χ0n) is 5.18. The fourth-order valence-corrected chi connectivity index (χ4v) is 0.464. The number of hydrogen-bond acceptors (Lipinski definition) is 2. The minimum atomic E-state index is -0.130. The van der Waals surface area contributed by atoms with Crippen molar-refractivity contribution in [2.45, 2.75) is 13.3 Å². The van der Waals surface area contributed by atoms with Gasteiger partial charge < -0.3 is 4.43 Å². The molecule has 0 unspecified atom stereocenters. The molecule has 3 heteroatoms. The second-order valence-electron chi connectivity index (χ2n) is 1.35. The lowest BCUT2D eigenvalue weighted by Crippen LogP contribution is -1.97. The van der Waals surface area contributed by atoms with Crippen LogP contribution in [0.4, 0.5) is 0 Å². The van der Waals surface area contributed by atoms with Gasteiger partial charge in [0.15, 0.2) is 0 Å².